The van der Waals surface area contributed by atoms with E-state index in [1.54, 1.807) is 43.4 Å². The predicted molar refractivity (Wildman–Crippen MR) is 129 cm³/mol. The molecule has 1 N–H and O–H groups in total. The minimum Gasteiger partial charge on any atom is -0.352 e. The normalized spacial score (nSPS) is 15.2. The number of carbonyl (C=O) groups is 3. The third-order valence-corrected chi connectivity index (χ3v) is 6.40. The number of anilines is 1. The third kappa shape index (κ3) is 6.41. The number of aliphatic imine (C=N–C) groups is 1. The first-order valence-corrected chi connectivity index (χ1v) is 11.6. The van der Waals surface area contributed by atoms with Gasteiger partial charge in [0.1, 0.15) is 11.1 Å². The van der Waals surface area contributed by atoms with E-state index in [0.717, 1.165) is 13.1 Å². The van der Waals surface area contributed by atoms with Crippen LogP contribution in [-0.4, -0.2) is 58.1 Å². The van der Waals surface area contributed by atoms with Crippen LogP contribution in [-0.2, 0) is 16.1 Å². The SMILES string of the molecule is CCN(CC)C1=NC(=O)[C@@H](CC(=O)Nc2cccc(C(=O)N(C)Cc3cccc(F)c3)c2)S1. The molecule has 0 aliphatic carbocycles. The Bertz CT molecular complexity index is 1070. The van der Waals surface area contributed by atoms with Crippen LogP contribution in [0, 0.1) is 5.82 Å². The summed E-state index contributed by atoms with van der Waals surface area (Å²) < 4.78 is 13.4. The summed E-state index contributed by atoms with van der Waals surface area (Å²) in [4.78, 5) is 45.1. The molecule has 1 aliphatic rings. The molecule has 33 heavy (non-hydrogen) atoms. The molecule has 0 spiro atoms. The molecule has 174 valence electrons. The number of hydrogen-bond acceptors (Lipinski definition) is 5. The van der Waals surface area contributed by atoms with Crippen molar-refractivity contribution in [3.8, 4) is 0 Å². The van der Waals surface area contributed by atoms with E-state index in [0.29, 0.717) is 22.0 Å². The molecule has 0 aromatic heterocycles. The highest BCUT2D eigenvalue weighted by molar-refractivity contribution is 8.15. The first kappa shape index (κ1) is 24.4. The quantitative estimate of drug-likeness (QED) is 0.635. The van der Waals surface area contributed by atoms with E-state index in [9.17, 15) is 18.8 Å². The molecule has 3 amide bonds. The Kier molecular flexibility index (Phi) is 8.21. The van der Waals surface area contributed by atoms with Gasteiger partial charge in [0, 0.05) is 44.4 Å². The number of nitrogens with zero attached hydrogens (tertiary/aromatic N) is 3. The van der Waals surface area contributed by atoms with E-state index in [-0.39, 0.29) is 36.5 Å². The first-order chi connectivity index (χ1) is 15.8. The molecule has 1 heterocycles. The van der Waals surface area contributed by atoms with Crippen molar-refractivity contribution in [2.24, 2.45) is 4.99 Å². The van der Waals surface area contributed by atoms with Gasteiger partial charge in [-0.1, -0.05) is 30.0 Å². The smallest absolute Gasteiger partial charge is 0.262 e. The van der Waals surface area contributed by atoms with Crippen molar-refractivity contribution in [2.75, 3.05) is 25.5 Å². The van der Waals surface area contributed by atoms with Gasteiger partial charge in [-0.05, 0) is 49.7 Å². The summed E-state index contributed by atoms with van der Waals surface area (Å²) in [6.07, 6.45) is -0.00455. The van der Waals surface area contributed by atoms with Gasteiger partial charge >= 0.3 is 0 Å². The molecule has 0 unspecified atom stereocenters. The Morgan fingerprint density at radius 1 is 1.12 bits per heavy atom. The number of rotatable bonds is 8. The van der Waals surface area contributed by atoms with Crippen molar-refractivity contribution in [2.45, 2.75) is 32.1 Å². The van der Waals surface area contributed by atoms with Crippen molar-refractivity contribution in [1.82, 2.24) is 9.80 Å². The van der Waals surface area contributed by atoms with Gasteiger partial charge in [0.15, 0.2) is 5.17 Å². The summed E-state index contributed by atoms with van der Waals surface area (Å²) in [5.74, 6) is -1.24. The zero-order valence-corrected chi connectivity index (χ0v) is 19.7. The van der Waals surface area contributed by atoms with E-state index in [1.807, 2.05) is 18.7 Å². The van der Waals surface area contributed by atoms with E-state index < -0.39 is 5.25 Å². The van der Waals surface area contributed by atoms with Crippen LogP contribution >= 0.6 is 11.8 Å². The van der Waals surface area contributed by atoms with Crippen LogP contribution in [0.1, 0.15) is 36.2 Å². The Morgan fingerprint density at radius 3 is 2.55 bits per heavy atom. The summed E-state index contributed by atoms with van der Waals surface area (Å²) in [6, 6.07) is 12.7. The first-order valence-electron chi connectivity index (χ1n) is 10.7. The highest BCUT2D eigenvalue weighted by Gasteiger charge is 2.32. The second kappa shape index (κ2) is 11.1. The lowest BCUT2D eigenvalue weighted by molar-refractivity contribution is -0.121. The Morgan fingerprint density at radius 2 is 1.85 bits per heavy atom. The number of hydrogen-bond donors (Lipinski definition) is 1. The Balaban J connectivity index is 1.59. The molecule has 0 fully saturated rings. The molecule has 3 rings (SSSR count). The molecule has 1 atom stereocenters. The lowest BCUT2D eigenvalue weighted by Gasteiger charge is -2.19. The molecule has 0 radical (unpaired) electrons. The average molecular weight is 471 g/mol. The predicted octanol–water partition coefficient (Wildman–Crippen LogP) is 3.77. The molecule has 1 aliphatic heterocycles. The monoisotopic (exact) mass is 470 g/mol. The van der Waals surface area contributed by atoms with Gasteiger partial charge in [0.05, 0.1) is 0 Å². The van der Waals surface area contributed by atoms with Crippen molar-refractivity contribution < 1.29 is 18.8 Å². The molecule has 0 bridgehead atoms. The van der Waals surface area contributed by atoms with E-state index in [1.165, 1.54) is 28.8 Å². The van der Waals surface area contributed by atoms with Gasteiger partial charge in [0.2, 0.25) is 5.91 Å². The molecule has 2 aromatic carbocycles. The lowest BCUT2D eigenvalue weighted by Crippen LogP contribution is -2.28. The zero-order chi connectivity index (χ0) is 24.0. The van der Waals surface area contributed by atoms with Crippen molar-refractivity contribution in [3.63, 3.8) is 0 Å². The summed E-state index contributed by atoms with van der Waals surface area (Å²) in [7, 11) is 1.63. The van der Waals surface area contributed by atoms with Gasteiger partial charge < -0.3 is 15.1 Å². The van der Waals surface area contributed by atoms with Crippen LogP contribution in [0.5, 0.6) is 0 Å². The van der Waals surface area contributed by atoms with Crippen LogP contribution in [0.25, 0.3) is 0 Å². The fourth-order valence-corrected chi connectivity index (χ4v) is 4.64. The maximum Gasteiger partial charge on any atom is 0.262 e. The average Bonchev–Trinajstić information content (AvgIpc) is 3.13. The van der Waals surface area contributed by atoms with Crippen LogP contribution in [0.15, 0.2) is 53.5 Å². The topological polar surface area (TPSA) is 82.1 Å². The largest absolute Gasteiger partial charge is 0.352 e. The Hall–Kier alpha value is -3.20. The van der Waals surface area contributed by atoms with Gasteiger partial charge in [-0.15, -0.1) is 0 Å². The fourth-order valence-electron chi connectivity index (χ4n) is 3.45. The summed E-state index contributed by atoms with van der Waals surface area (Å²) >= 11 is 1.31. The van der Waals surface area contributed by atoms with E-state index in [4.69, 9.17) is 0 Å². The van der Waals surface area contributed by atoms with Gasteiger partial charge in [-0.25, -0.2) is 4.39 Å². The van der Waals surface area contributed by atoms with E-state index >= 15 is 0 Å². The van der Waals surface area contributed by atoms with Crippen LogP contribution in [0.4, 0.5) is 10.1 Å². The molecule has 9 heteroatoms. The molecular weight excluding hydrogens is 443 g/mol. The van der Waals surface area contributed by atoms with Crippen molar-refractivity contribution in [3.05, 3.63) is 65.5 Å². The molecular formula is C24H27FN4O3S. The maximum atomic E-state index is 13.4. The zero-order valence-electron chi connectivity index (χ0n) is 18.9. The minimum atomic E-state index is -0.553. The minimum absolute atomic E-state index is 0.00455. The second-order valence-corrected chi connectivity index (χ2v) is 8.81. The number of benzene rings is 2. The fraction of sp³-hybridized carbons (Fsp3) is 0.333. The summed E-state index contributed by atoms with van der Waals surface area (Å²) in [5.41, 5.74) is 1.54. The van der Waals surface area contributed by atoms with Crippen molar-refractivity contribution >= 4 is 40.3 Å². The van der Waals surface area contributed by atoms with Crippen LogP contribution in [0.3, 0.4) is 0 Å². The summed E-state index contributed by atoms with van der Waals surface area (Å²) in [5, 5.41) is 2.86. The number of thioether (sulfide) groups is 1. The van der Waals surface area contributed by atoms with Crippen molar-refractivity contribution in [1.29, 1.82) is 0 Å². The number of amidine groups is 1. The summed E-state index contributed by atoms with van der Waals surface area (Å²) in [6.45, 7) is 5.71. The second-order valence-electron chi connectivity index (χ2n) is 7.64. The van der Waals surface area contributed by atoms with Gasteiger partial charge in [0.25, 0.3) is 11.8 Å². The maximum absolute atomic E-state index is 13.4. The molecule has 2 aromatic rings. The number of amides is 3. The molecule has 0 saturated heterocycles. The number of carbonyl (C=O) groups excluding carboxylic acids is 3. The number of halogens is 1. The standard InChI is InChI=1S/C24H27FN4O3S/c1-4-29(5-2)24-27-22(31)20(33-24)14-21(30)26-19-11-7-9-17(13-19)23(32)28(3)15-16-8-6-10-18(25)12-16/h6-13,20H,4-5,14-15H2,1-3H3,(H,26,30)/t20-/m1/s1. The highest BCUT2D eigenvalue weighted by atomic mass is 32.2. The van der Waals surface area contributed by atoms with Gasteiger partial charge in [-0.3, -0.25) is 14.4 Å². The van der Waals surface area contributed by atoms with Crippen LogP contribution < -0.4 is 5.32 Å². The third-order valence-electron chi connectivity index (χ3n) is 5.18. The molecule has 0 saturated carbocycles. The Labute approximate surface area is 197 Å². The van der Waals surface area contributed by atoms with E-state index in [2.05, 4.69) is 10.3 Å². The van der Waals surface area contributed by atoms with Gasteiger partial charge in [-0.2, -0.15) is 4.99 Å². The molecule has 7 nitrogen and oxygen atoms in total. The highest BCUT2D eigenvalue weighted by Crippen LogP contribution is 2.27. The van der Waals surface area contributed by atoms with Crippen LogP contribution in [0.2, 0.25) is 0 Å². The lowest BCUT2D eigenvalue weighted by atomic mass is 10.1. The number of nitrogens with one attached hydrogen (secondary N) is 1.